The van der Waals surface area contributed by atoms with Gasteiger partial charge in [-0.05, 0) is 19.8 Å². The minimum atomic E-state index is -0.888. The van der Waals surface area contributed by atoms with E-state index < -0.39 is 5.54 Å². The van der Waals surface area contributed by atoms with Crippen LogP contribution in [0.15, 0.2) is 10.7 Å². The number of aryl methyl sites for hydroxylation is 1. The highest BCUT2D eigenvalue weighted by atomic mass is 16.5. The van der Waals surface area contributed by atoms with Crippen molar-refractivity contribution in [1.29, 1.82) is 5.26 Å². The fraction of sp³-hybridized carbons (Fsp3) is 0.545. The average molecular weight is 221 g/mol. The van der Waals surface area contributed by atoms with Gasteiger partial charge in [0.2, 0.25) is 0 Å². The number of hydrogen-bond donors (Lipinski definition) is 1. The Hall–Kier alpha value is -1.83. The van der Waals surface area contributed by atoms with E-state index in [2.05, 4.69) is 16.5 Å². The zero-order valence-electron chi connectivity index (χ0n) is 9.87. The minimum Gasteiger partial charge on any atom is -0.361 e. The second-order valence-electron chi connectivity index (χ2n) is 4.22. The maximum absolute atomic E-state index is 11.8. The molecule has 0 aliphatic heterocycles. The number of carbonyl (C=O) groups is 1. The van der Waals surface area contributed by atoms with Gasteiger partial charge in [-0.15, -0.1) is 0 Å². The van der Waals surface area contributed by atoms with E-state index in [1.807, 2.05) is 13.8 Å². The highest BCUT2D eigenvalue weighted by Crippen LogP contribution is 2.16. The van der Waals surface area contributed by atoms with Gasteiger partial charge in [0.15, 0.2) is 0 Å². The molecule has 0 saturated heterocycles. The van der Waals surface area contributed by atoms with Crippen LogP contribution in [0.5, 0.6) is 0 Å². The molecule has 86 valence electrons. The third kappa shape index (κ3) is 2.22. The Bertz CT molecular complexity index is 431. The van der Waals surface area contributed by atoms with E-state index in [4.69, 9.17) is 9.78 Å². The number of rotatable bonds is 3. The number of hydrogen-bond acceptors (Lipinski definition) is 4. The topological polar surface area (TPSA) is 78.9 Å². The second kappa shape index (κ2) is 4.35. The van der Waals surface area contributed by atoms with E-state index >= 15 is 0 Å². The van der Waals surface area contributed by atoms with Crippen LogP contribution < -0.4 is 5.32 Å². The SMILES string of the molecule is Cc1oncc1C(=O)NC(C)(C#N)C(C)C. The molecule has 0 bridgehead atoms. The van der Waals surface area contributed by atoms with E-state index in [9.17, 15) is 4.79 Å². The van der Waals surface area contributed by atoms with Gasteiger partial charge in [-0.25, -0.2) is 0 Å². The highest BCUT2D eigenvalue weighted by Gasteiger charge is 2.31. The van der Waals surface area contributed by atoms with Gasteiger partial charge in [-0.1, -0.05) is 19.0 Å². The van der Waals surface area contributed by atoms with E-state index in [1.54, 1.807) is 13.8 Å². The van der Waals surface area contributed by atoms with Crippen molar-refractivity contribution in [1.82, 2.24) is 10.5 Å². The maximum atomic E-state index is 11.8. The fourth-order valence-electron chi connectivity index (χ4n) is 1.12. The van der Waals surface area contributed by atoms with E-state index in [0.717, 1.165) is 0 Å². The first kappa shape index (κ1) is 12.2. The monoisotopic (exact) mass is 221 g/mol. The highest BCUT2D eigenvalue weighted by molar-refractivity contribution is 5.95. The zero-order chi connectivity index (χ0) is 12.3. The summed E-state index contributed by atoms with van der Waals surface area (Å²) in [5.41, 5.74) is -0.525. The van der Waals surface area contributed by atoms with Crippen LogP contribution in [0.2, 0.25) is 0 Å². The van der Waals surface area contributed by atoms with Crippen LogP contribution in [0.4, 0.5) is 0 Å². The van der Waals surface area contributed by atoms with E-state index in [-0.39, 0.29) is 11.8 Å². The lowest BCUT2D eigenvalue weighted by atomic mass is 9.90. The third-order valence-corrected chi connectivity index (χ3v) is 2.76. The quantitative estimate of drug-likeness (QED) is 0.841. The maximum Gasteiger partial charge on any atom is 0.257 e. The summed E-state index contributed by atoms with van der Waals surface area (Å²) in [5.74, 6) is 0.125. The van der Waals surface area contributed by atoms with Crippen molar-refractivity contribution in [2.75, 3.05) is 0 Å². The van der Waals surface area contributed by atoms with Gasteiger partial charge in [-0.2, -0.15) is 5.26 Å². The lowest BCUT2D eigenvalue weighted by molar-refractivity contribution is 0.0906. The van der Waals surface area contributed by atoms with Crippen LogP contribution in [0, 0.1) is 24.2 Å². The second-order valence-corrected chi connectivity index (χ2v) is 4.22. The summed E-state index contributed by atoms with van der Waals surface area (Å²) in [6.07, 6.45) is 1.35. The Kier molecular flexibility index (Phi) is 3.33. The standard InChI is InChI=1S/C11H15N3O2/c1-7(2)11(4,6-12)14-10(15)9-5-13-16-8(9)3/h5,7H,1-4H3,(H,14,15). The smallest absolute Gasteiger partial charge is 0.257 e. The van der Waals surface area contributed by atoms with Gasteiger partial charge in [0.05, 0.1) is 12.3 Å². The summed E-state index contributed by atoms with van der Waals surface area (Å²) in [6.45, 7) is 7.10. The zero-order valence-corrected chi connectivity index (χ0v) is 9.87. The number of nitrogens with one attached hydrogen (secondary N) is 1. The predicted octanol–water partition coefficient (Wildman–Crippen LogP) is 1.65. The first-order chi connectivity index (χ1) is 7.40. The minimum absolute atomic E-state index is 0.0154. The van der Waals surface area contributed by atoms with Gasteiger partial charge >= 0.3 is 0 Å². The molecular weight excluding hydrogens is 206 g/mol. The molecule has 1 aromatic rings. The van der Waals surface area contributed by atoms with E-state index in [1.165, 1.54) is 6.20 Å². The Balaban J connectivity index is 2.87. The van der Waals surface area contributed by atoms with Gasteiger partial charge < -0.3 is 9.84 Å². The fourth-order valence-corrected chi connectivity index (χ4v) is 1.12. The van der Waals surface area contributed by atoms with Gasteiger partial charge in [0.1, 0.15) is 16.9 Å². The molecule has 1 aromatic heterocycles. The number of aromatic nitrogens is 1. The summed E-state index contributed by atoms with van der Waals surface area (Å²) in [5, 5.41) is 15.3. The molecule has 0 aromatic carbocycles. The molecule has 0 radical (unpaired) electrons. The molecule has 16 heavy (non-hydrogen) atoms. The van der Waals surface area contributed by atoms with Gasteiger partial charge in [-0.3, -0.25) is 4.79 Å². The molecular formula is C11H15N3O2. The van der Waals surface area contributed by atoms with Crippen molar-refractivity contribution >= 4 is 5.91 Å². The molecule has 1 atom stereocenters. The van der Waals surface area contributed by atoms with Crippen molar-refractivity contribution in [2.45, 2.75) is 33.2 Å². The summed E-state index contributed by atoms with van der Waals surface area (Å²) < 4.78 is 4.80. The van der Waals surface area contributed by atoms with Gasteiger partial charge in [0.25, 0.3) is 5.91 Å². The molecule has 1 unspecified atom stereocenters. The Labute approximate surface area is 94.4 Å². The molecule has 0 spiro atoms. The Morgan fingerprint density at radius 2 is 2.31 bits per heavy atom. The van der Waals surface area contributed by atoms with Crippen LogP contribution >= 0.6 is 0 Å². The molecule has 0 aliphatic rings. The first-order valence-corrected chi connectivity index (χ1v) is 5.05. The number of amides is 1. The van der Waals surface area contributed by atoms with Crippen LogP contribution in [-0.4, -0.2) is 16.6 Å². The summed E-state index contributed by atoms with van der Waals surface area (Å²) >= 11 is 0. The average Bonchev–Trinajstić information content (AvgIpc) is 2.64. The van der Waals surface area contributed by atoms with E-state index in [0.29, 0.717) is 11.3 Å². The summed E-state index contributed by atoms with van der Waals surface area (Å²) in [4.78, 5) is 11.8. The number of nitrogens with zero attached hydrogens (tertiary/aromatic N) is 2. The number of nitriles is 1. The van der Waals surface area contributed by atoms with Crippen LogP contribution in [-0.2, 0) is 0 Å². The largest absolute Gasteiger partial charge is 0.361 e. The molecule has 5 heteroatoms. The van der Waals surface area contributed by atoms with Crippen LogP contribution in [0.25, 0.3) is 0 Å². The Morgan fingerprint density at radius 1 is 1.69 bits per heavy atom. The number of carbonyl (C=O) groups excluding carboxylic acids is 1. The lowest BCUT2D eigenvalue weighted by Gasteiger charge is -2.26. The van der Waals surface area contributed by atoms with Crippen molar-refractivity contribution < 1.29 is 9.32 Å². The van der Waals surface area contributed by atoms with Crippen LogP contribution in [0.1, 0.15) is 36.9 Å². The third-order valence-electron chi connectivity index (χ3n) is 2.76. The molecule has 1 rings (SSSR count). The normalized spacial score (nSPS) is 14.2. The van der Waals surface area contributed by atoms with Crippen molar-refractivity contribution in [3.63, 3.8) is 0 Å². The van der Waals surface area contributed by atoms with Crippen molar-refractivity contribution in [3.05, 3.63) is 17.5 Å². The molecule has 1 N–H and O–H groups in total. The summed E-state index contributed by atoms with van der Waals surface area (Å²) in [6, 6.07) is 2.11. The van der Waals surface area contributed by atoms with Crippen molar-refractivity contribution in [2.24, 2.45) is 5.92 Å². The molecule has 0 aliphatic carbocycles. The molecule has 0 saturated carbocycles. The summed E-state index contributed by atoms with van der Waals surface area (Å²) in [7, 11) is 0. The molecule has 0 fully saturated rings. The lowest BCUT2D eigenvalue weighted by Crippen LogP contribution is -2.48. The predicted molar refractivity (Wildman–Crippen MR) is 57.6 cm³/mol. The van der Waals surface area contributed by atoms with Crippen LogP contribution in [0.3, 0.4) is 0 Å². The first-order valence-electron chi connectivity index (χ1n) is 5.05. The molecule has 1 heterocycles. The van der Waals surface area contributed by atoms with Gasteiger partial charge in [0, 0.05) is 0 Å². The Morgan fingerprint density at radius 3 is 2.69 bits per heavy atom. The molecule has 5 nitrogen and oxygen atoms in total. The van der Waals surface area contributed by atoms with Crippen molar-refractivity contribution in [3.8, 4) is 6.07 Å². The molecule has 1 amide bonds.